The molecule has 0 saturated carbocycles. The van der Waals surface area contributed by atoms with Gasteiger partial charge in [0.25, 0.3) is 5.91 Å². The average molecular weight is 332 g/mol. The van der Waals surface area contributed by atoms with Gasteiger partial charge in [-0.3, -0.25) is 4.79 Å². The maximum absolute atomic E-state index is 12.2. The number of nitrogens with one attached hydrogen (secondary N) is 1. The lowest BCUT2D eigenvalue weighted by molar-refractivity contribution is -0.139. The Hall–Kier alpha value is -2.33. The highest BCUT2D eigenvalue weighted by atomic mass is 35.5. The van der Waals surface area contributed by atoms with Crippen LogP contribution in [0, 0.1) is 0 Å². The van der Waals surface area contributed by atoms with Crippen molar-refractivity contribution in [1.29, 1.82) is 0 Å². The zero-order chi connectivity index (χ0) is 16.7. The van der Waals surface area contributed by atoms with Crippen molar-refractivity contribution >= 4 is 23.5 Å². The van der Waals surface area contributed by atoms with E-state index >= 15 is 0 Å². The summed E-state index contributed by atoms with van der Waals surface area (Å²) >= 11 is 5.96. The van der Waals surface area contributed by atoms with E-state index in [-0.39, 0.29) is 5.56 Å². The molecule has 2 aromatic carbocycles. The van der Waals surface area contributed by atoms with Gasteiger partial charge in [0.2, 0.25) is 0 Å². The van der Waals surface area contributed by atoms with Crippen LogP contribution in [-0.4, -0.2) is 23.0 Å². The van der Waals surface area contributed by atoms with Crippen LogP contribution in [0.3, 0.4) is 0 Å². The Morgan fingerprint density at radius 2 is 1.70 bits per heavy atom. The molecular formula is C18H18ClNO3. The van der Waals surface area contributed by atoms with E-state index in [1.54, 1.807) is 24.3 Å². The van der Waals surface area contributed by atoms with Crippen LogP contribution in [0.1, 0.15) is 28.8 Å². The SMILES string of the molecule is O=C(N[C@H](CCCc1ccccc1)C(=O)O)c1ccccc1Cl. The van der Waals surface area contributed by atoms with Crippen LogP contribution in [0.15, 0.2) is 54.6 Å². The maximum atomic E-state index is 12.2. The number of halogens is 1. The van der Waals surface area contributed by atoms with Crippen molar-refractivity contribution in [3.05, 3.63) is 70.7 Å². The zero-order valence-corrected chi connectivity index (χ0v) is 13.3. The third-order valence-corrected chi connectivity index (χ3v) is 3.85. The summed E-state index contributed by atoms with van der Waals surface area (Å²) in [5.41, 5.74) is 1.43. The monoisotopic (exact) mass is 331 g/mol. The lowest BCUT2D eigenvalue weighted by Crippen LogP contribution is -2.40. The summed E-state index contributed by atoms with van der Waals surface area (Å²) in [6.07, 6.45) is 1.80. The molecule has 2 rings (SSSR count). The maximum Gasteiger partial charge on any atom is 0.326 e. The quantitative estimate of drug-likeness (QED) is 0.815. The molecule has 0 saturated heterocycles. The number of benzene rings is 2. The van der Waals surface area contributed by atoms with Gasteiger partial charge in [-0.2, -0.15) is 0 Å². The molecule has 0 bridgehead atoms. The minimum absolute atomic E-state index is 0.281. The molecule has 0 aliphatic rings. The Kier molecular flexibility index (Phi) is 6.18. The molecule has 120 valence electrons. The molecule has 5 heteroatoms. The first-order valence-corrected chi connectivity index (χ1v) is 7.78. The Labute approximate surface area is 140 Å². The van der Waals surface area contributed by atoms with Crippen molar-refractivity contribution < 1.29 is 14.7 Å². The summed E-state index contributed by atoms with van der Waals surface area (Å²) in [6, 6.07) is 15.5. The normalized spacial score (nSPS) is 11.7. The highest BCUT2D eigenvalue weighted by molar-refractivity contribution is 6.33. The van der Waals surface area contributed by atoms with Crippen molar-refractivity contribution in [1.82, 2.24) is 5.32 Å². The van der Waals surface area contributed by atoms with Gasteiger partial charge >= 0.3 is 5.97 Å². The molecule has 1 atom stereocenters. The summed E-state index contributed by atoms with van der Waals surface area (Å²) in [6.45, 7) is 0. The highest BCUT2D eigenvalue weighted by Gasteiger charge is 2.21. The van der Waals surface area contributed by atoms with E-state index in [1.807, 2.05) is 30.3 Å². The number of amides is 1. The second-order valence-electron chi connectivity index (χ2n) is 5.22. The van der Waals surface area contributed by atoms with Crippen LogP contribution in [0.2, 0.25) is 5.02 Å². The molecule has 1 amide bonds. The van der Waals surface area contributed by atoms with E-state index in [1.165, 1.54) is 0 Å². The lowest BCUT2D eigenvalue weighted by Gasteiger charge is -2.15. The number of hydrogen-bond acceptors (Lipinski definition) is 2. The second kappa shape index (κ2) is 8.34. The molecule has 0 spiro atoms. The summed E-state index contributed by atoms with van der Waals surface area (Å²) in [4.78, 5) is 23.5. The van der Waals surface area contributed by atoms with E-state index in [9.17, 15) is 14.7 Å². The minimum Gasteiger partial charge on any atom is -0.480 e. The van der Waals surface area contributed by atoms with E-state index in [2.05, 4.69) is 5.32 Å². The predicted octanol–water partition coefficient (Wildman–Crippen LogP) is 3.55. The summed E-state index contributed by atoms with van der Waals surface area (Å²) in [5.74, 6) is -1.51. The Balaban J connectivity index is 1.92. The molecule has 0 heterocycles. The first-order chi connectivity index (χ1) is 11.1. The number of aliphatic carboxylic acids is 1. The standard InChI is InChI=1S/C18H18ClNO3/c19-15-11-5-4-10-14(15)17(21)20-16(18(22)23)12-6-9-13-7-2-1-3-8-13/h1-5,7-8,10-11,16H,6,9,12H2,(H,20,21)(H,22,23)/t16-/m1/s1. The van der Waals surface area contributed by atoms with Crippen LogP contribution in [0.5, 0.6) is 0 Å². The second-order valence-corrected chi connectivity index (χ2v) is 5.63. The topological polar surface area (TPSA) is 66.4 Å². The van der Waals surface area contributed by atoms with E-state index in [4.69, 9.17) is 11.6 Å². The number of carboxylic acids is 1. The molecule has 0 aliphatic heterocycles. The molecule has 0 radical (unpaired) electrons. The largest absolute Gasteiger partial charge is 0.480 e. The van der Waals surface area contributed by atoms with Gasteiger partial charge in [-0.25, -0.2) is 4.79 Å². The van der Waals surface area contributed by atoms with Gasteiger partial charge in [0.1, 0.15) is 6.04 Å². The molecule has 0 aromatic heterocycles. The van der Waals surface area contributed by atoms with Gasteiger partial charge in [0, 0.05) is 0 Å². The Morgan fingerprint density at radius 1 is 1.04 bits per heavy atom. The zero-order valence-electron chi connectivity index (χ0n) is 12.5. The number of hydrogen-bond donors (Lipinski definition) is 2. The molecule has 0 aliphatic carbocycles. The predicted molar refractivity (Wildman–Crippen MR) is 89.7 cm³/mol. The van der Waals surface area contributed by atoms with Crippen LogP contribution < -0.4 is 5.32 Å². The molecule has 2 N–H and O–H groups in total. The van der Waals surface area contributed by atoms with E-state index in [0.717, 1.165) is 12.0 Å². The van der Waals surface area contributed by atoms with Crippen molar-refractivity contribution in [2.75, 3.05) is 0 Å². The Morgan fingerprint density at radius 3 is 2.35 bits per heavy atom. The fraction of sp³-hybridized carbons (Fsp3) is 0.222. The fourth-order valence-electron chi connectivity index (χ4n) is 2.29. The third kappa shape index (κ3) is 5.11. The highest BCUT2D eigenvalue weighted by Crippen LogP contribution is 2.15. The first-order valence-electron chi connectivity index (χ1n) is 7.40. The molecule has 2 aromatic rings. The van der Waals surface area contributed by atoms with Crippen molar-refractivity contribution in [2.45, 2.75) is 25.3 Å². The van der Waals surface area contributed by atoms with E-state index < -0.39 is 17.9 Å². The van der Waals surface area contributed by atoms with Crippen LogP contribution in [-0.2, 0) is 11.2 Å². The van der Waals surface area contributed by atoms with Crippen LogP contribution in [0.25, 0.3) is 0 Å². The number of carbonyl (C=O) groups is 2. The number of carbonyl (C=O) groups excluding carboxylic acids is 1. The van der Waals surface area contributed by atoms with Crippen molar-refractivity contribution in [3.8, 4) is 0 Å². The summed E-state index contributed by atoms with van der Waals surface area (Å²) in [7, 11) is 0. The smallest absolute Gasteiger partial charge is 0.326 e. The van der Waals surface area contributed by atoms with Gasteiger partial charge in [-0.05, 0) is 37.0 Å². The fourth-order valence-corrected chi connectivity index (χ4v) is 2.52. The van der Waals surface area contributed by atoms with Crippen molar-refractivity contribution in [2.24, 2.45) is 0 Å². The van der Waals surface area contributed by atoms with Gasteiger partial charge in [-0.15, -0.1) is 0 Å². The molecular weight excluding hydrogens is 314 g/mol. The van der Waals surface area contributed by atoms with Crippen LogP contribution >= 0.6 is 11.6 Å². The first kappa shape index (κ1) is 17.0. The van der Waals surface area contributed by atoms with Gasteiger partial charge in [0.15, 0.2) is 0 Å². The minimum atomic E-state index is -1.04. The van der Waals surface area contributed by atoms with Crippen molar-refractivity contribution in [3.63, 3.8) is 0 Å². The third-order valence-electron chi connectivity index (χ3n) is 3.52. The van der Waals surface area contributed by atoms with Gasteiger partial charge in [0.05, 0.1) is 10.6 Å². The Bertz CT molecular complexity index is 673. The molecule has 23 heavy (non-hydrogen) atoms. The summed E-state index contributed by atoms with van der Waals surface area (Å²) in [5, 5.41) is 12.1. The molecule has 4 nitrogen and oxygen atoms in total. The number of aryl methyl sites for hydroxylation is 1. The average Bonchev–Trinajstić information content (AvgIpc) is 2.55. The molecule has 0 fully saturated rings. The lowest BCUT2D eigenvalue weighted by atomic mass is 10.0. The van der Waals surface area contributed by atoms with E-state index in [0.29, 0.717) is 17.9 Å². The number of carboxylic acid groups (broad SMARTS) is 1. The summed E-state index contributed by atoms with van der Waals surface area (Å²) < 4.78 is 0. The van der Waals surface area contributed by atoms with Crippen LogP contribution in [0.4, 0.5) is 0 Å². The molecule has 0 unspecified atom stereocenters. The van der Waals surface area contributed by atoms with Gasteiger partial charge < -0.3 is 10.4 Å². The van der Waals surface area contributed by atoms with Gasteiger partial charge in [-0.1, -0.05) is 54.1 Å². The number of rotatable bonds is 7.